The van der Waals surface area contributed by atoms with Gasteiger partial charge in [0.1, 0.15) is 22.9 Å². The van der Waals surface area contributed by atoms with E-state index in [-0.39, 0.29) is 11.3 Å². The molecule has 0 aliphatic carbocycles. The molecule has 3 rings (SSSR count). The topological polar surface area (TPSA) is 60.0 Å². The normalized spacial score (nSPS) is 14.0. The number of hydrogen-bond acceptors (Lipinski definition) is 5. The molecule has 0 saturated carbocycles. The number of carbonyl (C=O) groups is 1. The third kappa shape index (κ3) is 3.72. The number of halogens is 1. The van der Waals surface area contributed by atoms with Crippen LogP contribution in [0.5, 0.6) is 11.5 Å². The quantitative estimate of drug-likeness (QED) is 0.888. The van der Waals surface area contributed by atoms with E-state index in [9.17, 15) is 9.18 Å². The summed E-state index contributed by atoms with van der Waals surface area (Å²) in [5.41, 5.74) is 1.15. The second-order valence-corrected chi connectivity index (χ2v) is 5.76. The lowest BCUT2D eigenvalue weighted by Crippen LogP contribution is -2.36. The fourth-order valence-electron chi connectivity index (χ4n) is 2.89. The Bertz CT molecular complexity index is 769. The van der Waals surface area contributed by atoms with Crippen molar-refractivity contribution in [3.8, 4) is 11.5 Å². The van der Waals surface area contributed by atoms with Crippen LogP contribution in [-0.2, 0) is 4.74 Å². The molecule has 2 aromatic rings. The number of nitrogens with one attached hydrogen (secondary N) is 1. The molecule has 1 heterocycles. The molecule has 0 spiro atoms. The number of carbonyl (C=O) groups excluding carboxylic acids is 1. The standard InChI is InChI=1S/C19H21FN2O4/c1-24-16-4-3-5-17(25-2)18(16)19(23)21-15-12-13(6-7-14(15)20)22-8-10-26-11-9-22/h3-7,12H,8-11H2,1-2H3,(H,21,23). The summed E-state index contributed by atoms with van der Waals surface area (Å²) in [6.07, 6.45) is 0. The van der Waals surface area contributed by atoms with E-state index in [1.807, 2.05) is 0 Å². The number of ether oxygens (including phenoxy) is 3. The Morgan fingerprint density at radius 3 is 2.38 bits per heavy atom. The summed E-state index contributed by atoms with van der Waals surface area (Å²) in [5.74, 6) is -0.306. The van der Waals surface area contributed by atoms with Crippen molar-refractivity contribution in [2.45, 2.75) is 0 Å². The lowest BCUT2D eigenvalue weighted by Gasteiger charge is -2.29. The molecule has 138 valence electrons. The van der Waals surface area contributed by atoms with Crippen LogP contribution in [0.3, 0.4) is 0 Å². The zero-order valence-electron chi connectivity index (χ0n) is 14.8. The van der Waals surface area contributed by atoms with E-state index in [2.05, 4.69) is 10.2 Å². The summed E-state index contributed by atoms with van der Waals surface area (Å²) >= 11 is 0. The molecule has 1 N–H and O–H groups in total. The van der Waals surface area contributed by atoms with Crippen molar-refractivity contribution in [2.75, 3.05) is 50.7 Å². The van der Waals surface area contributed by atoms with Crippen molar-refractivity contribution in [1.29, 1.82) is 0 Å². The van der Waals surface area contributed by atoms with Gasteiger partial charge in [0.05, 0.1) is 33.1 Å². The average molecular weight is 360 g/mol. The van der Waals surface area contributed by atoms with Crippen LogP contribution in [0.4, 0.5) is 15.8 Å². The summed E-state index contributed by atoms with van der Waals surface area (Å²) in [6, 6.07) is 9.68. The molecule has 0 aromatic heterocycles. The summed E-state index contributed by atoms with van der Waals surface area (Å²) in [7, 11) is 2.93. The van der Waals surface area contributed by atoms with Gasteiger partial charge in [0.2, 0.25) is 0 Å². The Balaban J connectivity index is 1.88. The van der Waals surface area contributed by atoms with Gasteiger partial charge in [-0.3, -0.25) is 4.79 Å². The van der Waals surface area contributed by atoms with E-state index >= 15 is 0 Å². The number of anilines is 2. The molecule has 0 radical (unpaired) electrons. The van der Waals surface area contributed by atoms with E-state index in [0.717, 1.165) is 18.8 Å². The zero-order chi connectivity index (χ0) is 18.5. The predicted octanol–water partition coefficient (Wildman–Crippen LogP) is 2.93. The van der Waals surface area contributed by atoms with Crippen molar-refractivity contribution in [1.82, 2.24) is 0 Å². The Labute approximate surface area is 151 Å². The third-order valence-electron chi connectivity index (χ3n) is 4.23. The van der Waals surface area contributed by atoms with Crippen LogP contribution in [0.15, 0.2) is 36.4 Å². The number of morpholine rings is 1. The van der Waals surface area contributed by atoms with Gasteiger partial charge in [-0.05, 0) is 30.3 Å². The Morgan fingerprint density at radius 2 is 1.77 bits per heavy atom. The maximum Gasteiger partial charge on any atom is 0.263 e. The van der Waals surface area contributed by atoms with E-state index in [1.165, 1.54) is 20.3 Å². The van der Waals surface area contributed by atoms with Gasteiger partial charge >= 0.3 is 0 Å². The second kappa shape index (κ2) is 8.05. The van der Waals surface area contributed by atoms with Crippen molar-refractivity contribution in [3.05, 3.63) is 47.8 Å². The highest BCUT2D eigenvalue weighted by molar-refractivity contribution is 6.08. The number of rotatable bonds is 5. The molecule has 0 unspecified atom stereocenters. The van der Waals surface area contributed by atoms with Gasteiger partial charge in [0.15, 0.2) is 0 Å². The first-order valence-electron chi connectivity index (χ1n) is 8.28. The Hall–Kier alpha value is -2.80. The van der Waals surface area contributed by atoms with Gasteiger partial charge in [-0.1, -0.05) is 6.07 Å². The van der Waals surface area contributed by atoms with Crippen LogP contribution in [0.1, 0.15) is 10.4 Å². The van der Waals surface area contributed by atoms with Gasteiger partial charge in [0.25, 0.3) is 5.91 Å². The number of nitrogens with zero attached hydrogens (tertiary/aromatic N) is 1. The average Bonchev–Trinajstić information content (AvgIpc) is 2.69. The molecule has 1 aliphatic heterocycles. The molecule has 1 amide bonds. The first-order chi connectivity index (χ1) is 12.6. The second-order valence-electron chi connectivity index (χ2n) is 5.76. The highest BCUT2D eigenvalue weighted by atomic mass is 19.1. The molecular weight excluding hydrogens is 339 g/mol. The predicted molar refractivity (Wildman–Crippen MR) is 96.9 cm³/mol. The molecule has 6 nitrogen and oxygen atoms in total. The smallest absolute Gasteiger partial charge is 0.263 e. The van der Waals surface area contributed by atoms with Crippen LogP contribution in [0.25, 0.3) is 0 Å². The molecule has 2 aromatic carbocycles. The molecule has 7 heteroatoms. The summed E-state index contributed by atoms with van der Waals surface area (Å²) in [5, 5.41) is 2.62. The highest BCUT2D eigenvalue weighted by Gasteiger charge is 2.20. The zero-order valence-corrected chi connectivity index (χ0v) is 14.8. The molecule has 1 aliphatic rings. The number of amides is 1. The maximum atomic E-state index is 14.3. The molecule has 0 atom stereocenters. The number of benzene rings is 2. The summed E-state index contributed by atoms with van der Waals surface area (Å²) < 4.78 is 30.1. The monoisotopic (exact) mass is 360 g/mol. The van der Waals surface area contributed by atoms with Crippen LogP contribution in [0, 0.1) is 5.82 Å². The van der Waals surface area contributed by atoms with Crippen LogP contribution in [0.2, 0.25) is 0 Å². The fraction of sp³-hybridized carbons (Fsp3) is 0.316. The van der Waals surface area contributed by atoms with Crippen molar-refractivity contribution in [3.63, 3.8) is 0 Å². The first-order valence-corrected chi connectivity index (χ1v) is 8.28. The minimum atomic E-state index is -0.510. The Kier molecular flexibility index (Phi) is 5.58. The lowest BCUT2D eigenvalue weighted by atomic mass is 10.1. The first kappa shape index (κ1) is 18.0. The fourth-order valence-corrected chi connectivity index (χ4v) is 2.89. The highest BCUT2D eigenvalue weighted by Crippen LogP contribution is 2.30. The van der Waals surface area contributed by atoms with Crippen molar-refractivity contribution >= 4 is 17.3 Å². The molecular formula is C19H21FN2O4. The van der Waals surface area contributed by atoms with Crippen molar-refractivity contribution < 1.29 is 23.4 Å². The van der Waals surface area contributed by atoms with E-state index in [0.29, 0.717) is 24.7 Å². The summed E-state index contributed by atoms with van der Waals surface area (Å²) in [4.78, 5) is 14.8. The summed E-state index contributed by atoms with van der Waals surface area (Å²) in [6.45, 7) is 2.69. The molecule has 1 saturated heterocycles. The number of hydrogen-bond donors (Lipinski definition) is 1. The Morgan fingerprint density at radius 1 is 1.12 bits per heavy atom. The van der Waals surface area contributed by atoms with E-state index in [1.54, 1.807) is 30.3 Å². The van der Waals surface area contributed by atoms with Gasteiger partial charge < -0.3 is 24.4 Å². The minimum absolute atomic E-state index is 0.104. The van der Waals surface area contributed by atoms with E-state index < -0.39 is 11.7 Å². The molecule has 1 fully saturated rings. The maximum absolute atomic E-state index is 14.3. The SMILES string of the molecule is COc1cccc(OC)c1C(=O)Nc1cc(N2CCOCC2)ccc1F. The van der Waals surface area contributed by atoms with Gasteiger partial charge in [0, 0.05) is 18.8 Å². The van der Waals surface area contributed by atoms with Gasteiger partial charge in [-0.15, -0.1) is 0 Å². The van der Waals surface area contributed by atoms with Crippen LogP contribution < -0.4 is 19.7 Å². The largest absolute Gasteiger partial charge is 0.496 e. The molecule has 26 heavy (non-hydrogen) atoms. The van der Waals surface area contributed by atoms with Gasteiger partial charge in [-0.2, -0.15) is 0 Å². The van der Waals surface area contributed by atoms with Gasteiger partial charge in [-0.25, -0.2) is 4.39 Å². The lowest BCUT2D eigenvalue weighted by molar-refractivity contribution is 0.102. The van der Waals surface area contributed by atoms with Crippen LogP contribution >= 0.6 is 0 Å². The number of methoxy groups -OCH3 is 2. The van der Waals surface area contributed by atoms with Crippen LogP contribution in [-0.4, -0.2) is 46.4 Å². The minimum Gasteiger partial charge on any atom is -0.496 e. The molecule has 0 bridgehead atoms. The van der Waals surface area contributed by atoms with Crippen molar-refractivity contribution in [2.24, 2.45) is 0 Å². The third-order valence-corrected chi connectivity index (χ3v) is 4.23. The van der Waals surface area contributed by atoms with E-state index in [4.69, 9.17) is 14.2 Å².